The van der Waals surface area contributed by atoms with Crippen molar-refractivity contribution in [3.05, 3.63) is 0 Å². The summed E-state index contributed by atoms with van der Waals surface area (Å²) in [7, 11) is 0. The van der Waals surface area contributed by atoms with E-state index in [1.165, 1.54) is 11.3 Å². The highest BCUT2D eigenvalue weighted by Gasteiger charge is 2.47. The molecule has 6 heteroatoms. The summed E-state index contributed by atoms with van der Waals surface area (Å²) < 4.78 is 19.9. The van der Waals surface area contributed by atoms with Crippen LogP contribution in [0.3, 0.4) is 0 Å². The molecule has 1 saturated heterocycles. The zero-order chi connectivity index (χ0) is 17.2. The van der Waals surface area contributed by atoms with Gasteiger partial charge >= 0.3 is 5.97 Å². The molecule has 132 valence electrons. The van der Waals surface area contributed by atoms with Crippen molar-refractivity contribution in [1.29, 1.82) is 0 Å². The number of likely N-dealkylation sites (tertiary alicyclic amines) is 1. The van der Waals surface area contributed by atoms with Crippen molar-refractivity contribution in [2.75, 3.05) is 19.7 Å². The lowest BCUT2D eigenvalue weighted by atomic mass is 9.75. The van der Waals surface area contributed by atoms with Gasteiger partial charge in [0.15, 0.2) is 0 Å². The van der Waals surface area contributed by atoms with E-state index in [2.05, 4.69) is 20.8 Å². The highest BCUT2D eigenvalue weighted by Crippen LogP contribution is 2.35. The van der Waals surface area contributed by atoms with E-state index < -0.39 is 11.6 Å². The van der Waals surface area contributed by atoms with Gasteiger partial charge in [0.05, 0.1) is 12.6 Å². The average Bonchev–Trinajstić information content (AvgIpc) is 2.88. The molecule has 2 fully saturated rings. The van der Waals surface area contributed by atoms with Gasteiger partial charge < -0.3 is 14.7 Å². The van der Waals surface area contributed by atoms with Crippen LogP contribution < -0.4 is 0 Å². The average molecular weight is 329 g/mol. The molecule has 0 radical (unpaired) electrons. The Balaban J connectivity index is 1.87. The van der Waals surface area contributed by atoms with Crippen molar-refractivity contribution < 1.29 is 23.8 Å². The predicted molar refractivity (Wildman–Crippen MR) is 83.8 cm³/mol. The summed E-state index contributed by atoms with van der Waals surface area (Å²) in [5, 5.41) is 8.89. The zero-order valence-corrected chi connectivity index (χ0v) is 14.3. The molecule has 2 rings (SSSR count). The summed E-state index contributed by atoms with van der Waals surface area (Å²) >= 11 is 0. The Bertz CT molecular complexity index is 456. The fourth-order valence-corrected chi connectivity index (χ4v) is 3.74. The number of ether oxygens (including phenoxy) is 1. The van der Waals surface area contributed by atoms with Crippen molar-refractivity contribution in [2.45, 2.75) is 58.2 Å². The lowest BCUT2D eigenvalue weighted by molar-refractivity contribution is -0.151. The predicted octanol–water partition coefficient (Wildman–Crippen LogP) is 2.49. The van der Waals surface area contributed by atoms with Crippen molar-refractivity contribution in [3.63, 3.8) is 0 Å². The Labute approximate surface area is 137 Å². The number of alkyl halides is 1. The summed E-state index contributed by atoms with van der Waals surface area (Å²) in [6.45, 7) is 6.21. The smallest absolute Gasteiger partial charge is 0.343 e. The summed E-state index contributed by atoms with van der Waals surface area (Å²) in [4.78, 5) is 24.4. The fourth-order valence-electron chi connectivity index (χ4n) is 3.74. The van der Waals surface area contributed by atoms with Gasteiger partial charge in [0, 0.05) is 13.0 Å². The number of nitrogens with zero attached hydrogens (tertiary/aromatic N) is 1. The van der Waals surface area contributed by atoms with Gasteiger partial charge in [-0.2, -0.15) is 0 Å². The fraction of sp³-hybridized carbons (Fsp3) is 0.882. The minimum absolute atomic E-state index is 0.0555. The Morgan fingerprint density at radius 1 is 1.39 bits per heavy atom. The maximum atomic E-state index is 14.0. The number of aliphatic carboxylic acids is 1. The maximum Gasteiger partial charge on any atom is 0.343 e. The van der Waals surface area contributed by atoms with Gasteiger partial charge in [0.25, 0.3) is 0 Å². The molecule has 1 aliphatic heterocycles. The minimum atomic E-state index is -2.31. The first-order chi connectivity index (χ1) is 10.7. The van der Waals surface area contributed by atoms with Crippen LogP contribution in [-0.4, -0.2) is 53.4 Å². The van der Waals surface area contributed by atoms with Crippen LogP contribution in [0.25, 0.3) is 0 Å². The second-order valence-electron chi connectivity index (χ2n) is 7.51. The van der Waals surface area contributed by atoms with Crippen LogP contribution in [0.4, 0.5) is 4.39 Å². The topological polar surface area (TPSA) is 66.8 Å². The molecular formula is C17H28FNO4. The lowest BCUT2D eigenvalue weighted by Crippen LogP contribution is -2.41. The summed E-state index contributed by atoms with van der Waals surface area (Å²) in [5.41, 5.74) is -2.31. The van der Waals surface area contributed by atoms with E-state index in [0.717, 1.165) is 12.8 Å². The van der Waals surface area contributed by atoms with Crippen LogP contribution in [0, 0.1) is 17.8 Å². The molecule has 0 aromatic heterocycles. The Morgan fingerprint density at radius 3 is 2.65 bits per heavy atom. The molecule has 1 saturated carbocycles. The van der Waals surface area contributed by atoms with Crippen LogP contribution >= 0.6 is 0 Å². The molecular weight excluding hydrogens is 301 g/mol. The second-order valence-corrected chi connectivity index (χ2v) is 7.51. The van der Waals surface area contributed by atoms with Gasteiger partial charge in [-0.3, -0.25) is 4.79 Å². The van der Waals surface area contributed by atoms with Crippen LogP contribution in [0.15, 0.2) is 0 Å². The largest absolute Gasteiger partial charge is 0.479 e. The number of hydrogen-bond donors (Lipinski definition) is 1. The molecule has 2 aliphatic rings. The second kappa shape index (κ2) is 7.16. The number of hydrogen-bond acceptors (Lipinski definition) is 3. The van der Waals surface area contributed by atoms with E-state index in [4.69, 9.17) is 9.84 Å². The molecule has 0 aromatic rings. The van der Waals surface area contributed by atoms with Crippen LogP contribution in [-0.2, 0) is 14.3 Å². The molecule has 5 nitrogen and oxygen atoms in total. The number of carboxylic acids is 1. The molecule has 0 spiro atoms. The SMILES string of the molecule is CC1CCC(C(C)C)C(OCC(=O)N2CCC(F)(C(=O)O)C2)C1. The highest BCUT2D eigenvalue weighted by molar-refractivity contribution is 5.82. The van der Waals surface area contributed by atoms with E-state index in [1.54, 1.807) is 0 Å². The molecule has 4 unspecified atom stereocenters. The minimum Gasteiger partial charge on any atom is -0.479 e. The molecule has 1 N–H and O–H groups in total. The number of rotatable bonds is 5. The van der Waals surface area contributed by atoms with E-state index in [-0.39, 0.29) is 38.1 Å². The first-order valence-corrected chi connectivity index (χ1v) is 8.54. The van der Waals surface area contributed by atoms with Gasteiger partial charge in [-0.05, 0) is 30.6 Å². The van der Waals surface area contributed by atoms with E-state index >= 15 is 0 Å². The van der Waals surface area contributed by atoms with Crippen molar-refractivity contribution in [1.82, 2.24) is 4.90 Å². The molecule has 1 amide bonds. The summed E-state index contributed by atoms with van der Waals surface area (Å²) in [5.74, 6) is -0.277. The molecule has 4 atom stereocenters. The number of amides is 1. The summed E-state index contributed by atoms with van der Waals surface area (Å²) in [6, 6.07) is 0. The monoisotopic (exact) mass is 329 g/mol. The van der Waals surface area contributed by atoms with Gasteiger partial charge in [0.1, 0.15) is 6.61 Å². The van der Waals surface area contributed by atoms with Crippen molar-refractivity contribution >= 4 is 11.9 Å². The van der Waals surface area contributed by atoms with Gasteiger partial charge in [0.2, 0.25) is 11.6 Å². The van der Waals surface area contributed by atoms with Gasteiger partial charge in [-0.25, -0.2) is 9.18 Å². The quantitative estimate of drug-likeness (QED) is 0.841. The standard InChI is InChI=1S/C17H28FNO4/c1-11(2)13-5-4-12(3)8-14(13)23-9-15(20)19-7-6-17(18,10-19)16(21)22/h11-14H,4-10H2,1-3H3,(H,21,22). The molecule has 1 heterocycles. The van der Waals surface area contributed by atoms with Crippen molar-refractivity contribution in [2.24, 2.45) is 17.8 Å². The Kier molecular flexibility index (Phi) is 5.65. The molecule has 23 heavy (non-hydrogen) atoms. The lowest BCUT2D eigenvalue weighted by Gasteiger charge is -2.37. The Morgan fingerprint density at radius 2 is 2.09 bits per heavy atom. The third-order valence-corrected chi connectivity index (χ3v) is 5.34. The van der Waals surface area contributed by atoms with Crippen LogP contribution in [0.5, 0.6) is 0 Å². The molecule has 0 aromatic carbocycles. The highest BCUT2D eigenvalue weighted by atomic mass is 19.1. The van der Waals surface area contributed by atoms with Crippen molar-refractivity contribution in [3.8, 4) is 0 Å². The number of halogens is 1. The number of carbonyl (C=O) groups excluding carboxylic acids is 1. The third-order valence-electron chi connectivity index (χ3n) is 5.34. The third kappa shape index (κ3) is 4.22. The van der Waals surface area contributed by atoms with E-state index in [9.17, 15) is 14.0 Å². The summed E-state index contributed by atoms with van der Waals surface area (Å²) in [6.07, 6.45) is 3.14. The molecule has 0 bridgehead atoms. The zero-order valence-electron chi connectivity index (χ0n) is 14.3. The van der Waals surface area contributed by atoms with Crippen LogP contribution in [0.2, 0.25) is 0 Å². The van der Waals surface area contributed by atoms with E-state index in [1.807, 2.05) is 0 Å². The number of carbonyl (C=O) groups is 2. The van der Waals surface area contributed by atoms with E-state index in [0.29, 0.717) is 17.8 Å². The Hall–Kier alpha value is -1.17. The first kappa shape index (κ1) is 18.2. The maximum absolute atomic E-state index is 14.0. The normalized spacial score (nSPS) is 34.8. The number of carboxylic acid groups (broad SMARTS) is 1. The first-order valence-electron chi connectivity index (χ1n) is 8.54. The van der Waals surface area contributed by atoms with Gasteiger partial charge in [-0.1, -0.05) is 27.2 Å². The molecule has 1 aliphatic carbocycles. The van der Waals surface area contributed by atoms with Crippen LogP contribution in [0.1, 0.15) is 46.5 Å². The van der Waals surface area contributed by atoms with Gasteiger partial charge in [-0.15, -0.1) is 0 Å².